The van der Waals surface area contributed by atoms with Gasteiger partial charge >= 0.3 is 6.03 Å². The van der Waals surface area contributed by atoms with Gasteiger partial charge in [0, 0.05) is 55.5 Å². The summed E-state index contributed by atoms with van der Waals surface area (Å²) in [4.78, 5) is 28.4. The Morgan fingerprint density at radius 2 is 1.68 bits per heavy atom. The number of benzene rings is 2. The molecule has 3 N–H and O–H groups in total. The molecule has 2 aromatic rings. The van der Waals surface area contributed by atoms with Crippen molar-refractivity contribution in [2.75, 3.05) is 42.9 Å². The van der Waals surface area contributed by atoms with Crippen molar-refractivity contribution in [1.82, 2.24) is 15.8 Å². The molecule has 8 heteroatoms. The minimum absolute atomic E-state index is 0.230. The summed E-state index contributed by atoms with van der Waals surface area (Å²) in [5.74, 6) is -0.230. The summed E-state index contributed by atoms with van der Waals surface area (Å²) >= 11 is 5.87. The zero-order chi connectivity index (χ0) is 19.8. The highest BCUT2D eigenvalue weighted by molar-refractivity contribution is 6.30. The fourth-order valence-corrected chi connectivity index (χ4v) is 3.24. The van der Waals surface area contributed by atoms with Crippen LogP contribution in [0.2, 0.25) is 5.02 Å². The van der Waals surface area contributed by atoms with E-state index in [2.05, 4.69) is 38.1 Å². The van der Waals surface area contributed by atoms with E-state index in [-0.39, 0.29) is 5.91 Å². The van der Waals surface area contributed by atoms with Crippen LogP contribution in [0.4, 0.5) is 16.2 Å². The molecular weight excluding hydrogens is 378 g/mol. The lowest BCUT2D eigenvalue weighted by molar-refractivity contribution is -0.122. The average Bonchev–Trinajstić information content (AvgIpc) is 2.72. The van der Waals surface area contributed by atoms with Crippen LogP contribution in [0.3, 0.4) is 0 Å². The monoisotopic (exact) mass is 401 g/mol. The zero-order valence-electron chi connectivity index (χ0n) is 15.5. The number of carbonyl (C=O) groups is 2. The van der Waals surface area contributed by atoms with E-state index in [0.29, 0.717) is 23.7 Å². The molecule has 7 nitrogen and oxygen atoms in total. The quantitative estimate of drug-likeness (QED) is 0.673. The van der Waals surface area contributed by atoms with Gasteiger partial charge in [0.1, 0.15) is 0 Å². The van der Waals surface area contributed by atoms with E-state index >= 15 is 0 Å². The number of hydrogen-bond donors (Lipinski definition) is 3. The standard InChI is InChI=1S/C20H24ClN5O2/c21-16-5-4-6-17(15-16)22-20(28)24-23-19(27)9-10-25-11-13-26(14-12-25)18-7-2-1-3-8-18/h1-8,15H,9-14H2,(H,23,27)(H2,22,24,28). The smallest absolute Gasteiger partial charge is 0.337 e. The van der Waals surface area contributed by atoms with E-state index in [1.807, 2.05) is 18.2 Å². The van der Waals surface area contributed by atoms with Gasteiger partial charge in [0.15, 0.2) is 0 Å². The first-order valence-electron chi connectivity index (χ1n) is 9.24. The predicted molar refractivity (Wildman–Crippen MR) is 111 cm³/mol. The molecule has 0 spiro atoms. The van der Waals surface area contributed by atoms with Gasteiger partial charge in [-0.3, -0.25) is 15.1 Å². The molecule has 0 atom stereocenters. The molecule has 1 fully saturated rings. The maximum absolute atomic E-state index is 12.0. The van der Waals surface area contributed by atoms with Crippen molar-refractivity contribution in [3.63, 3.8) is 0 Å². The van der Waals surface area contributed by atoms with E-state index in [4.69, 9.17) is 11.6 Å². The molecular formula is C20H24ClN5O2. The van der Waals surface area contributed by atoms with Gasteiger partial charge < -0.3 is 10.2 Å². The number of halogens is 1. The highest BCUT2D eigenvalue weighted by Crippen LogP contribution is 2.16. The summed E-state index contributed by atoms with van der Waals surface area (Å²) in [5, 5.41) is 3.12. The second kappa shape index (κ2) is 9.96. The lowest BCUT2D eigenvalue weighted by Gasteiger charge is -2.36. The lowest BCUT2D eigenvalue weighted by atomic mass is 10.2. The molecule has 0 bridgehead atoms. The number of para-hydroxylation sites is 1. The van der Waals surface area contributed by atoms with Crippen molar-refractivity contribution in [3.05, 3.63) is 59.6 Å². The minimum atomic E-state index is -0.521. The lowest BCUT2D eigenvalue weighted by Crippen LogP contribution is -2.48. The molecule has 3 rings (SSSR count). The number of amides is 3. The summed E-state index contributed by atoms with van der Waals surface area (Å²) < 4.78 is 0. The number of rotatable bonds is 5. The van der Waals surface area contributed by atoms with Crippen LogP contribution in [0, 0.1) is 0 Å². The van der Waals surface area contributed by atoms with Crippen molar-refractivity contribution in [3.8, 4) is 0 Å². The second-order valence-electron chi connectivity index (χ2n) is 6.55. The van der Waals surface area contributed by atoms with Gasteiger partial charge in [-0.15, -0.1) is 0 Å². The van der Waals surface area contributed by atoms with Crippen molar-refractivity contribution < 1.29 is 9.59 Å². The van der Waals surface area contributed by atoms with Gasteiger partial charge in [-0.2, -0.15) is 0 Å². The van der Waals surface area contributed by atoms with Gasteiger partial charge in [0.25, 0.3) is 0 Å². The van der Waals surface area contributed by atoms with Gasteiger partial charge in [0.2, 0.25) is 5.91 Å². The van der Waals surface area contributed by atoms with E-state index in [1.165, 1.54) is 5.69 Å². The first-order valence-corrected chi connectivity index (χ1v) is 9.62. The molecule has 1 aliphatic rings. The predicted octanol–water partition coefficient (Wildman–Crippen LogP) is 2.71. The number of nitrogens with one attached hydrogen (secondary N) is 3. The third-order valence-corrected chi connectivity index (χ3v) is 4.78. The molecule has 0 aliphatic carbocycles. The van der Waals surface area contributed by atoms with E-state index in [1.54, 1.807) is 24.3 Å². The van der Waals surface area contributed by atoms with Crippen LogP contribution in [0.15, 0.2) is 54.6 Å². The molecule has 3 amide bonds. The number of carbonyl (C=O) groups excluding carboxylic acids is 2. The third-order valence-electron chi connectivity index (χ3n) is 4.55. The number of hydrazine groups is 1. The molecule has 0 aromatic heterocycles. The Hall–Kier alpha value is -2.77. The summed E-state index contributed by atoms with van der Waals surface area (Å²) in [6, 6.07) is 16.6. The van der Waals surface area contributed by atoms with Crippen molar-refractivity contribution in [2.24, 2.45) is 0 Å². The molecule has 28 heavy (non-hydrogen) atoms. The Morgan fingerprint density at radius 3 is 2.39 bits per heavy atom. The first kappa shape index (κ1) is 20.0. The Balaban J connectivity index is 1.32. The minimum Gasteiger partial charge on any atom is -0.369 e. The number of nitrogens with zero attached hydrogens (tertiary/aromatic N) is 2. The van der Waals surface area contributed by atoms with Crippen LogP contribution < -0.4 is 21.1 Å². The van der Waals surface area contributed by atoms with Crippen molar-refractivity contribution in [2.45, 2.75) is 6.42 Å². The van der Waals surface area contributed by atoms with Crippen LogP contribution in [0.5, 0.6) is 0 Å². The summed E-state index contributed by atoms with van der Waals surface area (Å²) in [6.45, 7) is 4.35. The maximum atomic E-state index is 12.0. The Morgan fingerprint density at radius 1 is 0.929 bits per heavy atom. The molecule has 1 saturated heterocycles. The highest BCUT2D eigenvalue weighted by atomic mass is 35.5. The number of piperazine rings is 1. The normalized spacial score (nSPS) is 14.4. The van der Waals surface area contributed by atoms with Crippen molar-refractivity contribution >= 4 is 34.9 Å². The van der Waals surface area contributed by atoms with Crippen molar-refractivity contribution in [1.29, 1.82) is 0 Å². The first-order chi connectivity index (χ1) is 13.6. The Labute approximate surface area is 169 Å². The van der Waals surface area contributed by atoms with Crippen LogP contribution in [0.25, 0.3) is 0 Å². The fraction of sp³-hybridized carbons (Fsp3) is 0.300. The number of anilines is 2. The van der Waals surface area contributed by atoms with Crippen LogP contribution >= 0.6 is 11.6 Å². The Kier molecular flexibility index (Phi) is 7.11. The molecule has 1 heterocycles. The maximum Gasteiger partial charge on any atom is 0.337 e. The van der Waals surface area contributed by atoms with E-state index in [9.17, 15) is 9.59 Å². The molecule has 2 aromatic carbocycles. The number of hydrogen-bond acceptors (Lipinski definition) is 4. The van der Waals surface area contributed by atoms with Gasteiger partial charge in [-0.25, -0.2) is 10.2 Å². The summed E-state index contributed by atoms with van der Waals surface area (Å²) in [7, 11) is 0. The summed E-state index contributed by atoms with van der Waals surface area (Å²) in [6.07, 6.45) is 0.322. The average molecular weight is 402 g/mol. The summed E-state index contributed by atoms with van der Waals surface area (Å²) in [5.41, 5.74) is 6.55. The molecule has 1 aliphatic heterocycles. The molecule has 0 unspecified atom stereocenters. The van der Waals surface area contributed by atoms with Crippen LogP contribution in [0.1, 0.15) is 6.42 Å². The van der Waals surface area contributed by atoms with Crippen LogP contribution in [-0.4, -0.2) is 49.6 Å². The third kappa shape index (κ3) is 6.14. The highest BCUT2D eigenvalue weighted by Gasteiger charge is 2.17. The molecule has 0 radical (unpaired) electrons. The largest absolute Gasteiger partial charge is 0.369 e. The SMILES string of the molecule is O=C(CCN1CCN(c2ccccc2)CC1)NNC(=O)Nc1cccc(Cl)c1. The van der Waals surface area contributed by atoms with E-state index in [0.717, 1.165) is 26.2 Å². The van der Waals surface area contributed by atoms with Gasteiger partial charge in [-0.05, 0) is 30.3 Å². The molecule has 148 valence electrons. The number of urea groups is 1. The molecule has 0 saturated carbocycles. The van der Waals surface area contributed by atoms with E-state index < -0.39 is 6.03 Å². The van der Waals surface area contributed by atoms with Gasteiger partial charge in [0.05, 0.1) is 0 Å². The van der Waals surface area contributed by atoms with Crippen LogP contribution in [-0.2, 0) is 4.79 Å². The second-order valence-corrected chi connectivity index (χ2v) is 6.99. The Bertz CT molecular complexity index is 794. The van der Waals surface area contributed by atoms with Gasteiger partial charge in [-0.1, -0.05) is 35.9 Å². The topological polar surface area (TPSA) is 76.7 Å². The fourth-order valence-electron chi connectivity index (χ4n) is 3.05. The zero-order valence-corrected chi connectivity index (χ0v) is 16.3.